The van der Waals surface area contributed by atoms with Gasteiger partial charge >= 0.3 is 13.1 Å². The van der Waals surface area contributed by atoms with Gasteiger partial charge in [0.1, 0.15) is 23.0 Å². The molecule has 1 amide bonds. The predicted molar refractivity (Wildman–Crippen MR) is 233 cm³/mol. The second kappa shape index (κ2) is 19.5. The van der Waals surface area contributed by atoms with E-state index >= 15 is 0 Å². The van der Waals surface area contributed by atoms with Crippen LogP contribution in [-0.2, 0) is 47.5 Å². The molecule has 4 aliphatic rings. The Labute approximate surface area is 351 Å². The zero-order valence-corrected chi connectivity index (χ0v) is 36.6. The molecule has 0 aromatic heterocycles. The summed E-state index contributed by atoms with van der Waals surface area (Å²) in [6.07, 6.45) is 2.19. The maximum Gasteiger partial charge on any atom is 0.481 e. The molecule has 12 heteroatoms. The van der Waals surface area contributed by atoms with Crippen molar-refractivity contribution in [1.29, 1.82) is 0 Å². The minimum atomic E-state index is -1.45. The topological polar surface area (TPSA) is 128 Å². The summed E-state index contributed by atoms with van der Waals surface area (Å²) >= 11 is 0. The number of hydrogen-bond acceptors (Lipinski definition) is 9. The number of rotatable bonds is 15. The van der Waals surface area contributed by atoms with Gasteiger partial charge in [0.05, 0.1) is 38.5 Å². The monoisotopic (exact) mass is 822 g/mol. The predicted octanol–water partition coefficient (Wildman–Crippen LogP) is 8.65. The van der Waals surface area contributed by atoms with E-state index in [0.717, 1.165) is 29.3 Å². The second-order valence-corrected chi connectivity index (χ2v) is 18.5. The molecule has 6 unspecified atom stereocenters. The Balaban J connectivity index is 0.00000288. The van der Waals surface area contributed by atoms with Crippen molar-refractivity contribution >= 4 is 32.7 Å². The van der Waals surface area contributed by atoms with Gasteiger partial charge < -0.3 is 38.9 Å². The van der Waals surface area contributed by atoms with E-state index in [1.54, 1.807) is 12.1 Å². The normalized spacial score (nSPS) is 21.3. The Hall–Kier alpha value is -4.09. The zero-order chi connectivity index (χ0) is 42.3. The number of esters is 1. The number of benzene rings is 4. The summed E-state index contributed by atoms with van der Waals surface area (Å²) in [6, 6.07) is 31.8. The Bertz CT molecular complexity index is 1950. The molecule has 59 heavy (non-hydrogen) atoms. The van der Waals surface area contributed by atoms with E-state index in [1.807, 2.05) is 126 Å². The number of methoxy groups -OCH3 is 1. The van der Waals surface area contributed by atoms with Crippen LogP contribution in [0.25, 0.3) is 0 Å². The highest BCUT2D eigenvalue weighted by molar-refractivity contribution is 7.55. The van der Waals surface area contributed by atoms with Gasteiger partial charge in [0.2, 0.25) is 14.3 Å². The Morgan fingerprint density at radius 3 is 2.03 bits per heavy atom. The highest BCUT2D eigenvalue weighted by atomic mass is 31.2. The summed E-state index contributed by atoms with van der Waals surface area (Å²) in [7, 11) is -0.654. The fourth-order valence-electron chi connectivity index (χ4n) is 8.31. The summed E-state index contributed by atoms with van der Waals surface area (Å²) in [4.78, 5) is 27.4. The fourth-order valence-corrected chi connectivity index (χ4v) is 9.61. The van der Waals surface area contributed by atoms with E-state index < -0.39 is 39.0 Å². The van der Waals surface area contributed by atoms with Crippen molar-refractivity contribution in [3.05, 3.63) is 131 Å². The van der Waals surface area contributed by atoms with Crippen LogP contribution in [0.1, 0.15) is 100.0 Å². The fraction of sp³-hybridized carbons (Fsp3) is 0.447. The molecule has 10 nitrogen and oxygen atoms in total. The number of carbonyl (C=O) groups is 2. The van der Waals surface area contributed by atoms with Crippen molar-refractivity contribution in [3.63, 3.8) is 0 Å². The van der Waals surface area contributed by atoms with Gasteiger partial charge in [-0.1, -0.05) is 113 Å². The van der Waals surface area contributed by atoms with Crippen LogP contribution in [0.3, 0.4) is 0 Å². The van der Waals surface area contributed by atoms with Crippen molar-refractivity contribution in [3.8, 4) is 5.75 Å². The number of hydrogen-bond donors (Lipinski definition) is 2. The number of para-hydroxylation sites is 1. The van der Waals surface area contributed by atoms with E-state index in [4.69, 9.17) is 33.6 Å². The van der Waals surface area contributed by atoms with Crippen molar-refractivity contribution in [2.75, 3.05) is 7.11 Å². The Morgan fingerprint density at radius 1 is 0.864 bits per heavy atom. The molecule has 4 aromatic rings. The number of nitrogens with one attached hydrogen (secondary N) is 1. The van der Waals surface area contributed by atoms with E-state index in [0.29, 0.717) is 47.5 Å². The second-order valence-electron chi connectivity index (χ2n) is 16.9. The van der Waals surface area contributed by atoms with Crippen molar-refractivity contribution in [2.45, 2.75) is 111 Å². The maximum atomic E-state index is 14.1. The maximum absolute atomic E-state index is 14.1. The Kier molecular flexibility index (Phi) is 14.7. The molecule has 6 atom stereocenters. The van der Waals surface area contributed by atoms with Crippen LogP contribution >= 0.6 is 8.38 Å². The summed E-state index contributed by atoms with van der Waals surface area (Å²) < 4.78 is 37.5. The summed E-state index contributed by atoms with van der Waals surface area (Å²) in [5.41, 5.74) is 9.91. The third-order valence-electron chi connectivity index (χ3n) is 11.6. The largest absolute Gasteiger partial charge is 0.496 e. The molecule has 2 bridgehead atoms. The van der Waals surface area contributed by atoms with Gasteiger partial charge in [-0.3, -0.25) is 4.79 Å². The number of ether oxygens (including phenoxy) is 2. The minimum absolute atomic E-state index is 0.0505. The molecular weight excluding hydrogens is 762 g/mol. The first kappa shape index (κ1) is 44.5. The van der Waals surface area contributed by atoms with E-state index in [-0.39, 0.29) is 30.0 Å². The first-order valence-electron chi connectivity index (χ1n) is 20.8. The molecule has 0 radical (unpaired) electrons. The average Bonchev–Trinajstić information content (AvgIpc) is 3.69. The molecule has 4 aromatic carbocycles. The molecule has 4 fully saturated rings. The van der Waals surface area contributed by atoms with E-state index in [1.165, 1.54) is 7.11 Å². The molecule has 3 saturated carbocycles. The lowest BCUT2D eigenvalue weighted by Gasteiger charge is -2.60. The van der Waals surface area contributed by atoms with Gasteiger partial charge in [0.25, 0.3) is 0 Å². The quantitative estimate of drug-likeness (QED) is 0.0688. The van der Waals surface area contributed by atoms with Crippen LogP contribution < -0.4 is 21.1 Å². The highest BCUT2D eigenvalue weighted by Gasteiger charge is 2.63. The molecular formula is C47H60BN2O8P. The van der Waals surface area contributed by atoms with Crippen LogP contribution in [0.15, 0.2) is 103 Å². The van der Waals surface area contributed by atoms with Gasteiger partial charge in [-0.15, -0.1) is 0 Å². The van der Waals surface area contributed by atoms with Crippen LogP contribution in [0.4, 0.5) is 0 Å². The first-order valence-corrected chi connectivity index (χ1v) is 22.0. The number of amides is 1. The lowest BCUT2D eigenvalue weighted by Crippen LogP contribution is -2.59. The minimum Gasteiger partial charge on any atom is -0.496 e. The molecule has 3 aliphatic carbocycles. The lowest BCUT2D eigenvalue weighted by molar-refractivity contribution is -0.150. The average molecular weight is 823 g/mol. The molecule has 0 spiro atoms. The van der Waals surface area contributed by atoms with Gasteiger partial charge in [-0.2, -0.15) is 0 Å². The number of carbonyl (C=O) groups excluding carboxylic acids is 2. The molecule has 3 N–H and O–H groups in total. The Morgan fingerprint density at radius 2 is 1.47 bits per heavy atom. The van der Waals surface area contributed by atoms with Gasteiger partial charge in [-0.05, 0) is 97.7 Å². The van der Waals surface area contributed by atoms with Crippen LogP contribution in [-0.4, -0.2) is 49.9 Å². The molecule has 314 valence electrons. The van der Waals surface area contributed by atoms with E-state index in [2.05, 4.69) is 19.2 Å². The smallest absolute Gasteiger partial charge is 0.481 e. The highest BCUT2D eigenvalue weighted by Crippen LogP contribution is 2.61. The summed E-state index contributed by atoms with van der Waals surface area (Å²) in [5, 5.41) is 4.05. The van der Waals surface area contributed by atoms with Gasteiger partial charge in [-0.25, -0.2) is 4.79 Å². The van der Waals surface area contributed by atoms with Crippen molar-refractivity contribution < 1.29 is 37.4 Å². The van der Waals surface area contributed by atoms with E-state index in [9.17, 15) is 9.59 Å². The SMILES string of the molecule is CC.COc1c(CC(NC(=O)C(N)c2ccc(P(OCc3ccccc3)OCc3ccccc3)cc2)B2OC3CC4CC(C3O2)C4(C)C)cccc1C(=O)OC(C)(C)C. The van der Waals surface area contributed by atoms with Gasteiger partial charge in [0, 0.05) is 5.30 Å². The third-order valence-corrected chi connectivity index (χ3v) is 13.0. The zero-order valence-electron chi connectivity index (χ0n) is 35.7. The van der Waals surface area contributed by atoms with Crippen LogP contribution in [0.5, 0.6) is 5.75 Å². The lowest BCUT2D eigenvalue weighted by atomic mass is 9.47. The summed E-state index contributed by atoms with van der Waals surface area (Å²) in [5.74, 6) is -0.174. The molecule has 1 heterocycles. The van der Waals surface area contributed by atoms with Gasteiger partial charge in [0.15, 0.2) is 0 Å². The molecule has 8 rings (SSSR count). The molecule has 1 aliphatic heterocycles. The summed E-state index contributed by atoms with van der Waals surface area (Å²) in [6.45, 7) is 14.9. The first-order chi connectivity index (χ1) is 28.3. The van der Waals surface area contributed by atoms with Crippen molar-refractivity contribution in [2.24, 2.45) is 23.0 Å². The third kappa shape index (κ3) is 10.6. The standard InChI is InChI=1S/C45H54BN2O8P.C2H6/c1-44(2,3)54-43(50)35-19-13-18-32(40(35)51-6)24-38(46-55-37-26-33-25-36(41(37)56-46)45(33,4)5)48-42(49)39(47)31-20-22-34(23-21-31)57(52-27-29-14-9-7-10-15-29)53-28-30-16-11-8-12-17-30;1-2/h7-23,33,36-39,41H,24-28,47H2,1-6H3,(H,48,49);1-2H3. The van der Waals surface area contributed by atoms with Crippen molar-refractivity contribution in [1.82, 2.24) is 5.32 Å². The number of nitrogens with two attached hydrogens (primary N) is 1. The molecule has 1 saturated heterocycles. The van der Waals surface area contributed by atoms with Crippen LogP contribution in [0.2, 0.25) is 0 Å². The van der Waals surface area contributed by atoms with Crippen LogP contribution in [0, 0.1) is 17.3 Å².